The zero-order valence-corrected chi connectivity index (χ0v) is 6.85. The highest BCUT2D eigenvalue weighted by atomic mass is 16.5. The summed E-state index contributed by atoms with van der Waals surface area (Å²) in [5.41, 5.74) is 0. The van der Waals surface area contributed by atoms with Gasteiger partial charge in [-0.2, -0.15) is 0 Å². The van der Waals surface area contributed by atoms with Crippen LogP contribution in [0.15, 0.2) is 0 Å². The predicted octanol–water partition coefficient (Wildman–Crippen LogP) is -0.714. The van der Waals surface area contributed by atoms with Crippen LogP contribution in [0.5, 0.6) is 0 Å². The Hall–Kier alpha value is -0.160. The number of hydrogen-bond donors (Lipinski definition) is 2. The first-order chi connectivity index (χ1) is 5.79. The third-order valence-electron chi connectivity index (χ3n) is 2.58. The van der Waals surface area contributed by atoms with Crippen LogP contribution in [0, 0.1) is 0 Å². The largest absolute Gasteiger partial charge is 0.388 e. The molecule has 0 aromatic heterocycles. The van der Waals surface area contributed by atoms with E-state index in [1.807, 2.05) is 0 Å². The standard InChI is InChI=1S/C8H14O4/c9-7(5-1-3-11-5)8(10)6-2-4-12-6/h5-10H,1-4H2. The van der Waals surface area contributed by atoms with E-state index in [-0.39, 0.29) is 12.2 Å². The summed E-state index contributed by atoms with van der Waals surface area (Å²) in [7, 11) is 0. The van der Waals surface area contributed by atoms with Crippen LogP contribution in [-0.2, 0) is 9.47 Å². The molecule has 2 N–H and O–H groups in total. The SMILES string of the molecule is OC(C1CCO1)C(O)C1CCO1. The maximum atomic E-state index is 9.52. The first-order valence-electron chi connectivity index (χ1n) is 4.38. The Morgan fingerprint density at radius 2 is 1.25 bits per heavy atom. The molecule has 0 spiro atoms. The minimum atomic E-state index is -0.774. The summed E-state index contributed by atoms with van der Waals surface area (Å²) in [5.74, 6) is 0. The normalized spacial score (nSPS) is 39.5. The fourth-order valence-electron chi connectivity index (χ4n) is 1.49. The Morgan fingerprint density at radius 3 is 1.42 bits per heavy atom. The molecule has 0 aromatic rings. The van der Waals surface area contributed by atoms with Gasteiger partial charge in [0.2, 0.25) is 0 Å². The molecule has 0 radical (unpaired) electrons. The van der Waals surface area contributed by atoms with Crippen LogP contribution in [0.3, 0.4) is 0 Å². The van der Waals surface area contributed by atoms with Crippen molar-refractivity contribution < 1.29 is 19.7 Å². The molecule has 4 heteroatoms. The van der Waals surface area contributed by atoms with Crippen LogP contribution in [-0.4, -0.2) is 47.8 Å². The van der Waals surface area contributed by atoms with Gasteiger partial charge < -0.3 is 19.7 Å². The molecule has 2 heterocycles. The molecular weight excluding hydrogens is 160 g/mol. The van der Waals surface area contributed by atoms with E-state index in [9.17, 15) is 10.2 Å². The molecule has 0 aromatic carbocycles. The van der Waals surface area contributed by atoms with Crippen molar-refractivity contribution in [3.05, 3.63) is 0 Å². The molecule has 4 unspecified atom stereocenters. The predicted molar refractivity (Wildman–Crippen MR) is 40.7 cm³/mol. The summed E-state index contributed by atoms with van der Waals surface area (Å²) in [6.45, 7) is 1.39. The van der Waals surface area contributed by atoms with Crippen molar-refractivity contribution in [1.29, 1.82) is 0 Å². The second-order valence-electron chi connectivity index (χ2n) is 3.38. The molecule has 2 aliphatic rings. The molecule has 0 aliphatic carbocycles. The zero-order chi connectivity index (χ0) is 8.55. The maximum Gasteiger partial charge on any atom is 0.109 e. The van der Waals surface area contributed by atoms with E-state index < -0.39 is 12.2 Å². The minimum Gasteiger partial charge on any atom is -0.388 e. The van der Waals surface area contributed by atoms with Gasteiger partial charge in [0, 0.05) is 13.2 Å². The van der Waals surface area contributed by atoms with Crippen LogP contribution in [0.4, 0.5) is 0 Å². The summed E-state index contributed by atoms with van der Waals surface area (Å²) < 4.78 is 10.1. The number of aliphatic hydroxyl groups is 2. The number of aliphatic hydroxyl groups excluding tert-OH is 2. The second-order valence-corrected chi connectivity index (χ2v) is 3.38. The third kappa shape index (κ3) is 1.35. The summed E-state index contributed by atoms with van der Waals surface area (Å²) in [6.07, 6.45) is -0.225. The number of hydrogen-bond acceptors (Lipinski definition) is 4. The first kappa shape index (κ1) is 8.44. The highest BCUT2D eigenvalue weighted by Gasteiger charge is 2.38. The highest BCUT2D eigenvalue weighted by Crippen LogP contribution is 2.24. The molecule has 70 valence electrons. The molecule has 0 amide bonds. The Bertz CT molecular complexity index is 135. The molecule has 2 aliphatic heterocycles. The second kappa shape index (κ2) is 3.30. The van der Waals surface area contributed by atoms with Crippen LogP contribution >= 0.6 is 0 Å². The van der Waals surface area contributed by atoms with Gasteiger partial charge in [-0.25, -0.2) is 0 Å². The molecule has 2 rings (SSSR count). The fourth-order valence-corrected chi connectivity index (χ4v) is 1.49. The van der Waals surface area contributed by atoms with Gasteiger partial charge in [-0.15, -0.1) is 0 Å². The Labute approximate surface area is 71.1 Å². The van der Waals surface area contributed by atoms with E-state index in [4.69, 9.17) is 9.47 Å². The summed E-state index contributed by atoms with van der Waals surface area (Å²) in [6, 6.07) is 0. The molecule has 4 atom stereocenters. The Kier molecular flexibility index (Phi) is 2.32. The zero-order valence-electron chi connectivity index (χ0n) is 6.85. The van der Waals surface area contributed by atoms with Crippen molar-refractivity contribution in [2.45, 2.75) is 37.3 Å². The molecule has 12 heavy (non-hydrogen) atoms. The van der Waals surface area contributed by atoms with E-state index in [1.165, 1.54) is 0 Å². The van der Waals surface area contributed by atoms with E-state index in [1.54, 1.807) is 0 Å². The van der Waals surface area contributed by atoms with E-state index in [0.29, 0.717) is 13.2 Å². The quantitative estimate of drug-likeness (QED) is 0.593. The van der Waals surface area contributed by atoms with Crippen molar-refractivity contribution in [3.8, 4) is 0 Å². The van der Waals surface area contributed by atoms with Gasteiger partial charge in [0.15, 0.2) is 0 Å². The van der Waals surface area contributed by atoms with Crippen molar-refractivity contribution >= 4 is 0 Å². The van der Waals surface area contributed by atoms with Crippen molar-refractivity contribution in [2.24, 2.45) is 0 Å². The summed E-state index contributed by atoms with van der Waals surface area (Å²) >= 11 is 0. The summed E-state index contributed by atoms with van der Waals surface area (Å²) in [4.78, 5) is 0. The molecule has 2 fully saturated rings. The molecule has 0 saturated carbocycles. The Morgan fingerprint density at radius 1 is 0.917 bits per heavy atom. The van der Waals surface area contributed by atoms with E-state index in [0.717, 1.165) is 12.8 Å². The molecule has 4 nitrogen and oxygen atoms in total. The van der Waals surface area contributed by atoms with Gasteiger partial charge in [-0.3, -0.25) is 0 Å². The lowest BCUT2D eigenvalue weighted by molar-refractivity contribution is -0.198. The maximum absolute atomic E-state index is 9.52. The van der Waals surface area contributed by atoms with Crippen molar-refractivity contribution in [3.63, 3.8) is 0 Å². The summed E-state index contributed by atoms with van der Waals surface area (Å²) in [5, 5.41) is 19.0. The van der Waals surface area contributed by atoms with E-state index >= 15 is 0 Å². The number of rotatable bonds is 3. The lowest BCUT2D eigenvalue weighted by atomic mass is 9.95. The van der Waals surface area contributed by atoms with Crippen molar-refractivity contribution in [2.75, 3.05) is 13.2 Å². The third-order valence-corrected chi connectivity index (χ3v) is 2.58. The average Bonchev–Trinajstić information content (AvgIpc) is 1.79. The monoisotopic (exact) mass is 174 g/mol. The van der Waals surface area contributed by atoms with E-state index in [2.05, 4.69) is 0 Å². The van der Waals surface area contributed by atoms with Gasteiger partial charge in [-0.05, 0) is 12.8 Å². The topological polar surface area (TPSA) is 58.9 Å². The molecule has 0 bridgehead atoms. The minimum absolute atomic E-state index is 0.177. The van der Waals surface area contributed by atoms with Gasteiger partial charge >= 0.3 is 0 Å². The van der Waals surface area contributed by atoms with Gasteiger partial charge in [0.05, 0.1) is 12.2 Å². The van der Waals surface area contributed by atoms with Crippen molar-refractivity contribution in [1.82, 2.24) is 0 Å². The average molecular weight is 174 g/mol. The number of ether oxygens (including phenoxy) is 2. The van der Waals surface area contributed by atoms with Crippen LogP contribution < -0.4 is 0 Å². The lowest BCUT2D eigenvalue weighted by Gasteiger charge is -2.38. The van der Waals surface area contributed by atoms with Gasteiger partial charge in [0.25, 0.3) is 0 Å². The lowest BCUT2D eigenvalue weighted by Crippen LogP contribution is -2.52. The first-order valence-corrected chi connectivity index (χ1v) is 4.38. The van der Waals surface area contributed by atoms with Gasteiger partial charge in [0.1, 0.15) is 12.2 Å². The van der Waals surface area contributed by atoms with Crippen LogP contribution in [0.25, 0.3) is 0 Å². The van der Waals surface area contributed by atoms with Crippen LogP contribution in [0.1, 0.15) is 12.8 Å². The van der Waals surface area contributed by atoms with Gasteiger partial charge in [-0.1, -0.05) is 0 Å². The van der Waals surface area contributed by atoms with Crippen LogP contribution in [0.2, 0.25) is 0 Å². The fraction of sp³-hybridized carbons (Fsp3) is 1.00. The molecular formula is C8H14O4. The highest BCUT2D eigenvalue weighted by molar-refractivity contribution is 4.88. The molecule has 2 saturated heterocycles. The smallest absolute Gasteiger partial charge is 0.109 e. The Balaban J connectivity index is 1.80.